The van der Waals surface area contributed by atoms with Gasteiger partial charge in [0.1, 0.15) is 5.75 Å². The molecular formula is C22H20BrNO4S. The zero-order chi connectivity index (χ0) is 21.0. The molecule has 150 valence electrons. The van der Waals surface area contributed by atoms with Crippen LogP contribution in [0.1, 0.15) is 11.1 Å². The normalized spacial score (nSPS) is 11.1. The second-order valence-electron chi connectivity index (χ2n) is 6.56. The molecule has 1 amide bonds. The Labute approximate surface area is 179 Å². The van der Waals surface area contributed by atoms with E-state index >= 15 is 0 Å². The van der Waals surface area contributed by atoms with Gasteiger partial charge in [-0.1, -0.05) is 57.4 Å². The molecule has 7 heteroatoms. The lowest BCUT2D eigenvalue weighted by Gasteiger charge is -2.23. The van der Waals surface area contributed by atoms with Crippen LogP contribution in [0.3, 0.4) is 0 Å². The SMILES string of the molecule is Cc1ccc(N(C(=O)COc2cccc(Br)c2)S(=O)(=O)c2ccc(C)cc2)cc1. The second-order valence-corrected chi connectivity index (χ2v) is 9.26. The number of amides is 1. The van der Waals surface area contributed by atoms with Gasteiger partial charge in [0.2, 0.25) is 0 Å². The molecule has 29 heavy (non-hydrogen) atoms. The topological polar surface area (TPSA) is 63.7 Å². The van der Waals surface area contributed by atoms with Gasteiger partial charge < -0.3 is 4.74 Å². The predicted octanol–water partition coefficient (Wildman–Crippen LogP) is 4.87. The van der Waals surface area contributed by atoms with Crippen LogP contribution in [-0.4, -0.2) is 20.9 Å². The summed E-state index contributed by atoms with van der Waals surface area (Å²) in [6, 6.07) is 20.1. The first-order valence-electron chi connectivity index (χ1n) is 8.87. The maximum atomic E-state index is 13.3. The van der Waals surface area contributed by atoms with Crippen LogP contribution in [-0.2, 0) is 14.8 Å². The quantitative estimate of drug-likeness (QED) is 0.512. The number of halogens is 1. The van der Waals surface area contributed by atoms with Gasteiger partial charge in [-0.2, -0.15) is 4.31 Å². The van der Waals surface area contributed by atoms with Crippen molar-refractivity contribution >= 4 is 37.5 Å². The van der Waals surface area contributed by atoms with Crippen LogP contribution in [0.4, 0.5) is 5.69 Å². The fourth-order valence-corrected chi connectivity index (χ4v) is 4.46. The third kappa shape index (κ3) is 5.05. The standard InChI is InChI=1S/C22H20BrNO4S/c1-16-6-10-19(11-7-16)24(29(26,27)21-12-8-17(2)9-13-21)22(25)15-28-20-5-3-4-18(23)14-20/h3-14H,15H2,1-2H3. The Morgan fingerprint density at radius 3 is 2.10 bits per heavy atom. The highest BCUT2D eigenvalue weighted by Crippen LogP contribution is 2.25. The molecule has 3 rings (SSSR count). The van der Waals surface area contributed by atoms with E-state index in [0.717, 1.165) is 19.9 Å². The first-order valence-corrected chi connectivity index (χ1v) is 11.1. The minimum absolute atomic E-state index is 0.0412. The van der Waals surface area contributed by atoms with Crippen LogP contribution in [0.5, 0.6) is 5.75 Å². The van der Waals surface area contributed by atoms with Crippen molar-refractivity contribution in [2.75, 3.05) is 10.9 Å². The van der Waals surface area contributed by atoms with Gasteiger partial charge >= 0.3 is 0 Å². The summed E-state index contributed by atoms with van der Waals surface area (Å²) in [6.45, 7) is 3.33. The number of ether oxygens (including phenoxy) is 1. The Hall–Kier alpha value is -2.64. The lowest BCUT2D eigenvalue weighted by Crippen LogP contribution is -2.40. The molecule has 0 saturated heterocycles. The van der Waals surface area contributed by atoms with Crippen molar-refractivity contribution in [2.24, 2.45) is 0 Å². The van der Waals surface area contributed by atoms with E-state index in [1.165, 1.54) is 12.1 Å². The first-order chi connectivity index (χ1) is 13.8. The largest absolute Gasteiger partial charge is 0.484 e. The molecule has 0 aliphatic rings. The van der Waals surface area contributed by atoms with Crippen molar-refractivity contribution in [1.82, 2.24) is 0 Å². The van der Waals surface area contributed by atoms with Gasteiger partial charge in [0.05, 0.1) is 10.6 Å². The molecule has 3 aromatic carbocycles. The molecule has 0 saturated carbocycles. The molecule has 0 aliphatic carbocycles. The van der Waals surface area contributed by atoms with Crippen molar-refractivity contribution in [3.8, 4) is 5.75 Å². The van der Waals surface area contributed by atoms with E-state index in [4.69, 9.17) is 4.74 Å². The number of nitrogens with zero attached hydrogens (tertiary/aromatic N) is 1. The van der Waals surface area contributed by atoms with Gasteiger partial charge in [-0.25, -0.2) is 8.42 Å². The fraction of sp³-hybridized carbons (Fsp3) is 0.136. The molecule has 0 heterocycles. The van der Waals surface area contributed by atoms with E-state index in [2.05, 4.69) is 15.9 Å². The average molecular weight is 474 g/mol. The van der Waals surface area contributed by atoms with Crippen molar-refractivity contribution in [2.45, 2.75) is 18.7 Å². The van der Waals surface area contributed by atoms with Gasteiger partial charge in [-0.15, -0.1) is 0 Å². The molecular weight excluding hydrogens is 454 g/mol. The molecule has 0 unspecified atom stereocenters. The Morgan fingerprint density at radius 1 is 0.931 bits per heavy atom. The van der Waals surface area contributed by atoms with Crippen molar-refractivity contribution < 1.29 is 17.9 Å². The maximum Gasteiger partial charge on any atom is 0.278 e. The number of sulfonamides is 1. The number of carbonyl (C=O) groups excluding carboxylic acids is 1. The molecule has 0 aromatic heterocycles. The van der Waals surface area contributed by atoms with E-state index in [1.807, 2.05) is 19.9 Å². The van der Waals surface area contributed by atoms with Crippen LogP contribution in [0.15, 0.2) is 82.2 Å². The van der Waals surface area contributed by atoms with Crippen LogP contribution >= 0.6 is 15.9 Å². The van der Waals surface area contributed by atoms with Gasteiger partial charge in [-0.05, 0) is 56.3 Å². The van der Waals surface area contributed by atoms with E-state index in [9.17, 15) is 13.2 Å². The van der Waals surface area contributed by atoms with Gasteiger partial charge in [0.15, 0.2) is 6.61 Å². The van der Waals surface area contributed by atoms with E-state index in [1.54, 1.807) is 54.6 Å². The lowest BCUT2D eigenvalue weighted by atomic mass is 10.2. The molecule has 0 atom stereocenters. The lowest BCUT2D eigenvalue weighted by molar-refractivity contribution is -0.119. The molecule has 0 bridgehead atoms. The Kier molecular flexibility index (Phi) is 6.39. The average Bonchev–Trinajstić information content (AvgIpc) is 2.68. The molecule has 0 aliphatic heterocycles. The number of carbonyl (C=O) groups is 1. The van der Waals surface area contributed by atoms with Crippen LogP contribution in [0.2, 0.25) is 0 Å². The third-order valence-electron chi connectivity index (χ3n) is 4.21. The smallest absolute Gasteiger partial charge is 0.278 e. The van der Waals surface area contributed by atoms with Crippen molar-refractivity contribution in [3.05, 3.63) is 88.4 Å². The maximum absolute atomic E-state index is 13.3. The number of hydrogen-bond acceptors (Lipinski definition) is 4. The second kappa shape index (κ2) is 8.80. The molecule has 0 spiro atoms. The summed E-state index contributed by atoms with van der Waals surface area (Å²) in [6.07, 6.45) is 0. The van der Waals surface area contributed by atoms with Crippen LogP contribution < -0.4 is 9.04 Å². The number of anilines is 1. The summed E-state index contributed by atoms with van der Waals surface area (Å²) in [5.74, 6) is -0.223. The highest BCUT2D eigenvalue weighted by molar-refractivity contribution is 9.10. The van der Waals surface area contributed by atoms with E-state index in [0.29, 0.717) is 5.75 Å². The van der Waals surface area contributed by atoms with Gasteiger partial charge in [-0.3, -0.25) is 4.79 Å². The van der Waals surface area contributed by atoms with Crippen LogP contribution in [0.25, 0.3) is 0 Å². The minimum Gasteiger partial charge on any atom is -0.484 e. The minimum atomic E-state index is -4.10. The van der Waals surface area contributed by atoms with Gasteiger partial charge in [0.25, 0.3) is 15.9 Å². The summed E-state index contributed by atoms with van der Waals surface area (Å²) >= 11 is 3.34. The number of aryl methyl sites for hydroxylation is 2. The molecule has 3 aromatic rings. The van der Waals surface area contributed by atoms with E-state index < -0.39 is 22.5 Å². The number of rotatable bonds is 6. The predicted molar refractivity (Wildman–Crippen MR) is 117 cm³/mol. The Bertz CT molecular complexity index is 1110. The monoisotopic (exact) mass is 473 g/mol. The zero-order valence-electron chi connectivity index (χ0n) is 16.0. The highest BCUT2D eigenvalue weighted by atomic mass is 79.9. The summed E-state index contributed by atoms with van der Waals surface area (Å²) in [4.78, 5) is 13.0. The summed E-state index contributed by atoms with van der Waals surface area (Å²) in [7, 11) is -4.10. The molecule has 5 nitrogen and oxygen atoms in total. The Morgan fingerprint density at radius 2 is 1.52 bits per heavy atom. The molecule has 0 N–H and O–H groups in total. The number of hydrogen-bond donors (Lipinski definition) is 0. The molecule has 0 radical (unpaired) electrons. The summed E-state index contributed by atoms with van der Waals surface area (Å²) < 4.78 is 33.7. The Balaban J connectivity index is 1.95. The van der Waals surface area contributed by atoms with E-state index in [-0.39, 0.29) is 10.6 Å². The summed E-state index contributed by atoms with van der Waals surface area (Å²) in [5, 5.41) is 0. The van der Waals surface area contributed by atoms with Crippen LogP contribution in [0, 0.1) is 13.8 Å². The zero-order valence-corrected chi connectivity index (χ0v) is 18.4. The van der Waals surface area contributed by atoms with Crippen molar-refractivity contribution in [1.29, 1.82) is 0 Å². The van der Waals surface area contributed by atoms with Gasteiger partial charge in [0, 0.05) is 4.47 Å². The molecule has 0 fully saturated rings. The highest BCUT2D eigenvalue weighted by Gasteiger charge is 2.31. The fourth-order valence-electron chi connectivity index (χ4n) is 2.67. The number of benzene rings is 3. The third-order valence-corrected chi connectivity index (χ3v) is 6.47. The summed E-state index contributed by atoms with van der Waals surface area (Å²) in [5.41, 5.74) is 2.15. The first kappa shape index (κ1) is 21.1. The van der Waals surface area contributed by atoms with Crippen molar-refractivity contribution in [3.63, 3.8) is 0 Å².